The molecule has 0 aliphatic carbocycles. The molecule has 2 aromatic rings. The van der Waals surface area contributed by atoms with Crippen molar-refractivity contribution < 1.29 is 19.4 Å². The van der Waals surface area contributed by atoms with Gasteiger partial charge in [-0.05, 0) is 18.1 Å². The number of carboxylic acids is 1. The van der Waals surface area contributed by atoms with Gasteiger partial charge in [-0.3, -0.25) is 4.79 Å². The van der Waals surface area contributed by atoms with E-state index in [1.54, 1.807) is 24.3 Å². The third kappa shape index (κ3) is 3.59. The molecule has 4 nitrogen and oxygen atoms in total. The monoisotopic (exact) mass is 298 g/mol. The zero-order valence-corrected chi connectivity index (χ0v) is 12.4. The molecule has 0 saturated carbocycles. The molecule has 1 unspecified atom stereocenters. The third-order valence-electron chi connectivity index (χ3n) is 3.54. The summed E-state index contributed by atoms with van der Waals surface area (Å²) in [4.78, 5) is 23.8. The lowest BCUT2D eigenvalue weighted by atomic mass is 9.90. The number of ether oxygens (including phenoxy) is 1. The predicted molar refractivity (Wildman–Crippen MR) is 82.4 cm³/mol. The molecule has 22 heavy (non-hydrogen) atoms. The van der Waals surface area contributed by atoms with E-state index < -0.39 is 17.4 Å². The fourth-order valence-corrected chi connectivity index (χ4v) is 2.23. The molecule has 4 heteroatoms. The molecule has 0 radical (unpaired) electrons. The summed E-state index contributed by atoms with van der Waals surface area (Å²) < 4.78 is 5.59. The Hall–Kier alpha value is -2.46. The van der Waals surface area contributed by atoms with Crippen molar-refractivity contribution in [1.82, 2.24) is 0 Å². The second-order valence-electron chi connectivity index (χ2n) is 5.13. The molecule has 0 heterocycles. The first-order valence-corrected chi connectivity index (χ1v) is 7.01. The number of rotatable bonds is 7. The Balaban J connectivity index is 2.25. The molecule has 0 bridgehead atoms. The fraction of sp³-hybridized carbons (Fsp3) is 0.222. The van der Waals surface area contributed by atoms with E-state index in [-0.39, 0.29) is 13.0 Å². The van der Waals surface area contributed by atoms with Crippen molar-refractivity contribution in [1.29, 1.82) is 0 Å². The summed E-state index contributed by atoms with van der Waals surface area (Å²) in [7, 11) is 0. The Morgan fingerprint density at radius 1 is 0.955 bits per heavy atom. The van der Waals surface area contributed by atoms with Crippen molar-refractivity contribution in [2.24, 2.45) is 0 Å². The van der Waals surface area contributed by atoms with E-state index in [0.29, 0.717) is 0 Å². The summed E-state index contributed by atoms with van der Waals surface area (Å²) in [5, 5.41) is 9.59. The van der Waals surface area contributed by atoms with Crippen LogP contribution in [0.2, 0.25) is 0 Å². The molecular formula is C18H18O4. The van der Waals surface area contributed by atoms with Gasteiger partial charge in [0.2, 0.25) is 5.60 Å². The summed E-state index contributed by atoms with van der Waals surface area (Å²) >= 11 is 0. The van der Waals surface area contributed by atoms with Crippen LogP contribution in [-0.4, -0.2) is 22.5 Å². The van der Waals surface area contributed by atoms with Gasteiger partial charge in [0.25, 0.3) is 0 Å². The molecular weight excluding hydrogens is 280 g/mol. The highest BCUT2D eigenvalue weighted by atomic mass is 16.5. The number of hydrogen-bond donors (Lipinski definition) is 1. The minimum atomic E-state index is -1.86. The maximum Gasteiger partial charge on any atom is 0.344 e. The van der Waals surface area contributed by atoms with Gasteiger partial charge >= 0.3 is 5.97 Å². The molecule has 1 atom stereocenters. The van der Waals surface area contributed by atoms with Crippen LogP contribution < -0.4 is 0 Å². The smallest absolute Gasteiger partial charge is 0.344 e. The molecule has 1 N–H and O–H groups in total. The van der Waals surface area contributed by atoms with Gasteiger partial charge in [0.15, 0.2) is 5.78 Å². The maximum absolute atomic E-state index is 12.0. The van der Waals surface area contributed by atoms with Gasteiger partial charge in [0, 0.05) is 6.42 Å². The van der Waals surface area contributed by atoms with Crippen LogP contribution >= 0.6 is 0 Å². The number of ketones is 1. The van der Waals surface area contributed by atoms with E-state index in [9.17, 15) is 14.7 Å². The van der Waals surface area contributed by atoms with Gasteiger partial charge in [-0.15, -0.1) is 0 Å². The van der Waals surface area contributed by atoms with E-state index >= 15 is 0 Å². The van der Waals surface area contributed by atoms with Crippen LogP contribution in [0.5, 0.6) is 0 Å². The first-order chi connectivity index (χ1) is 10.5. The van der Waals surface area contributed by atoms with Gasteiger partial charge in [-0.2, -0.15) is 0 Å². The zero-order chi connectivity index (χ0) is 16.0. The Kier molecular flexibility index (Phi) is 5.07. The largest absolute Gasteiger partial charge is 0.479 e. The van der Waals surface area contributed by atoms with E-state index in [4.69, 9.17) is 4.74 Å². The summed E-state index contributed by atoms with van der Waals surface area (Å²) in [6.45, 7) is 1.32. The Labute approximate surface area is 129 Å². The normalized spacial score (nSPS) is 13.3. The van der Waals surface area contributed by atoms with Gasteiger partial charge in [0.05, 0.1) is 6.61 Å². The van der Waals surface area contributed by atoms with Gasteiger partial charge < -0.3 is 9.84 Å². The molecule has 0 spiro atoms. The summed E-state index contributed by atoms with van der Waals surface area (Å²) in [5.41, 5.74) is -0.299. The summed E-state index contributed by atoms with van der Waals surface area (Å²) in [6, 6.07) is 18.2. The van der Waals surface area contributed by atoms with Crippen LogP contribution in [0, 0.1) is 0 Å². The van der Waals surface area contributed by atoms with Crippen LogP contribution in [0.1, 0.15) is 18.1 Å². The lowest BCUT2D eigenvalue weighted by Gasteiger charge is -2.27. The highest BCUT2D eigenvalue weighted by molar-refractivity contribution is 6.05. The van der Waals surface area contributed by atoms with Gasteiger partial charge in [0.1, 0.15) is 0 Å². The highest BCUT2D eigenvalue weighted by Crippen LogP contribution is 2.22. The van der Waals surface area contributed by atoms with Crippen LogP contribution in [0.15, 0.2) is 60.7 Å². The van der Waals surface area contributed by atoms with Crippen LogP contribution in [0.3, 0.4) is 0 Å². The van der Waals surface area contributed by atoms with Crippen molar-refractivity contribution in [3.05, 3.63) is 71.8 Å². The Morgan fingerprint density at radius 3 is 1.91 bits per heavy atom. The quantitative estimate of drug-likeness (QED) is 0.798. The van der Waals surface area contributed by atoms with E-state index in [0.717, 1.165) is 11.1 Å². The number of hydrogen-bond acceptors (Lipinski definition) is 3. The Bertz CT molecular complexity index is 621. The van der Waals surface area contributed by atoms with Crippen molar-refractivity contribution in [2.45, 2.75) is 25.6 Å². The van der Waals surface area contributed by atoms with Crippen molar-refractivity contribution in [3.63, 3.8) is 0 Å². The number of carboxylic acid groups (broad SMARTS) is 1. The molecule has 0 saturated heterocycles. The van der Waals surface area contributed by atoms with Crippen LogP contribution in [0.25, 0.3) is 0 Å². The van der Waals surface area contributed by atoms with Gasteiger partial charge in [-0.25, -0.2) is 4.79 Å². The van der Waals surface area contributed by atoms with Crippen molar-refractivity contribution in [3.8, 4) is 0 Å². The molecule has 2 aromatic carbocycles. The number of carbonyl (C=O) groups is 2. The van der Waals surface area contributed by atoms with Gasteiger partial charge in [-0.1, -0.05) is 60.7 Å². The second kappa shape index (κ2) is 7.00. The second-order valence-corrected chi connectivity index (χ2v) is 5.13. The average molecular weight is 298 g/mol. The first kappa shape index (κ1) is 15.9. The van der Waals surface area contributed by atoms with E-state index in [1.165, 1.54) is 6.92 Å². The summed E-state index contributed by atoms with van der Waals surface area (Å²) in [5.74, 6) is -1.78. The molecule has 0 amide bonds. The lowest BCUT2D eigenvalue weighted by molar-refractivity contribution is -0.173. The first-order valence-electron chi connectivity index (χ1n) is 7.01. The van der Waals surface area contributed by atoms with Crippen molar-refractivity contribution >= 4 is 11.8 Å². The SMILES string of the molecule is CC(=O)C(Cc1ccccc1)(OCc1ccccc1)C(=O)O. The zero-order valence-electron chi connectivity index (χ0n) is 12.4. The van der Waals surface area contributed by atoms with Crippen LogP contribution in [-0.2, 0) is 27.4 Å². The average Bonchev–Trinajstić information content (AvgIpc) is 2.53. The van der Waals surface area contributed by atoms with E-state index in [2.05, 4.69) is 0 Å². The van der Waals surface area contributed by atoms with E-state index in [1.807, 2.05) is 36.4 Å². The predicted octanol–water partition coefficient (Wildman–Crippen LogP) is 2.86. The topological polar surface area (TPSA) is 63.6 Å². The molecule has 0 fully saturated rings. The molecule has 0 aliphatic rings. The molecule has 0 aromatic heterocycles. The minimum absolute atomic E-state index is 0.00530. The van der Waals surface area contributed by atoms with Crippen LogP contribution in [0.4, 0.5) is 0 Å². The third-order valence-corrected chi connectivity index (χ3v) is 3.54. The lowest BCUT2D eigenvalue weighted by Crippen LogP contribution is -2.49. The maximum atomic E-state index is 12.0. The molecule has 114 valence electrons. The number of aliphatic carboxylic acids is 1. The Morgan fingerprint density at radius 2 is 1.45 bits per heavy atom. The fourth-order valence-electron chi connectivity index (χ4n) is 2.23. The standard InChI is InChI=1S/C18H18O4/c1-14(19)18(17(20)21,12-15-8-4-2-5-9-15)22-13-16-10-6-3-7-11-16/h2-11H,12-13H2,1H3,(H,20,21). The molecule has 0 aliphatic heterocycles. The highest BCUT2D eigenvalue weighted by Gasteiger charge is 2.45. The number of Topliss-reactive ketones (excluding diaryl/α,β-unsaturated/α-hetero) is 1. The minimum Gasteiger partial charge on any atom is -0.479 e. The summed E-state index contributed by atoms with van der Waals surface area (Å²) in [6.07, 6.45) is 0.00530. The number of benzene rings is 2. The molecule has 2 rings (SSSR count). The number of carbonyl (C=O) groups excluding carboxylic acids is 1. The van der Waals surface area contributed by atoms with Crippen molar-refractivity contribution in [2.75, 3.05) is 0 Å².